The van der Waals surface area contributed by atoms with Crippen LogP contribution in [0.1, 0.15) is 32.7 Å². The van der Waals surface area contributed by atoms with E-state index >= 15 is 0 Å². The number of rotatable bonds is 2. The third-order valence-corrected chi connectivity index (χ3v) is 5.63. The first kappa shape index (κ1) is 17.0. The smallest absolute Gasteiger partial charge is 0.297 e. The van der Waals surface area contributed by atoms with Crippen LogP contribution in [0.15, 0.2) is 51.9 Å². The number of fused-ring (bicyclic) bond motifs is 2. The Bertz CT molecular complexity index is 1300. The summed E-state index contributed by atoms with van der Waals surface area (Å²) >= 11 is 7.33. The molecule has 9 heteroatoms. The average molecular weight is 411 g/mol. The van der Waals surface area contributed by atoms with Gasteiger partial charge < -0.3 is 4.42 Å². The van der Waals surface area contributed by atoms with Gasteiger partial charge in [0.15, 0.2) is 5.43 Å². The van der Waals surface area contributed by atoms with Crippen molar-refractivity contribution in [3.63, 3.8) is 0 Å². The van der Waals surface area contributed by atoms with E-state index in [0.717, 1.165) is 0 Å². The summed E-state index contributed by atoms with van der Waals surface area (Å²) < 4.78 is 5.85. The quantitative estimate of drug-likeness (QED) is 0.500. The molecular formula is C19H11ClN4O3S. The van der Waals surface area contributed by atoms with Gasteiger partial charge in [-0.15, -0.1) is 10.2 Å². The molecule has 0 N–H and O–H groups in total. The maximum Gasteiger partial charge on any atom is 0.297 e. The lowest BCUT2D eigenvalue weighted by Crippen LogP contribution is -2.29. The van der Waals surface area contributed by atoms with Crippen molar-refractivity contribution in [1.82, 2.24) is 15.2 Å². The third kappa shape index (κ3) is 2.45. The molecule has 1 atom stereocenters. The highest BCUT2D eigenvalue weighted by molar-refractivity contribution is 7.15. The number of amides is 1. The summed E-state index contributed by atoms with van der Waals surface area (Å²) in [4.78, 5) is 32.2. The van der Waals surface area contributed by atoms with E-state index in [1.54, 1.807) is 43.6 Å². The van der Waals surface area contributed by atoms with E-state index in [2.05, 4.69) is 15.2 Å². The van der Waals surface area contributed by atoms with Crippen LogP contribution in [0.4, 0.5) is 5.13 Å². The summed E-state index contributed by atoms with van der Waals surface area (Å²) in [6.07, 6.45) is 3.25. The molecule has 0 unspecified atom stereocenters. The number of carbonyl (C=O) groups excluding carboxylic acids is 1. The molecule has 1 aromatic carbocycles. The molecule has 0 aliphatic carbocycles. The van der Waals surface area contributed by atoms with Crippen LogP contribution in [0.5, 0.6) is 0 Å². The first-order chi connectivity index (χ1) is 13.5. The number of anilines is 1. The van der Waals surface area contributed by atoms with E-state index in [9.17, 15) is 9.59 Å². The zero-order valence-electron chi connectivity index (χ0n) is 14.4. The topological polar surface area (TPSA) is 89.2 Å². The highest BCUT2D eigenvalue weighted by atomic mass is 35.5. The highest BCUT2D eigenvalue weighted by Gasteiger charge is 2.45. The van der Waals surface area contributed by atoms with Crippen LogP contribution in [-0.4, -0.2) is 21.1 Å². The Hall–Kier alpha value is -3.10. The van der Waals surface area contributed by atoms with Crippen LogP contribution in [0.3, 0.4) is 0 Å². The fraction of sp³-hybridized carbons (Fsp3) is 0.105. The van der Waals surface area contributed by atoms with Gasteiger partial charge in [0, 0.05) is 17.4 Å². The summed E-state index contributed by atoms with van der Waals surface area (Å²) in [7, 11) is 0. The van der Waals surface area contributed by atoms with Crippen molar-refractivity contribution in [2.75, 3.05) is 4.90 Å². The highest BCUT2D eigenvalue weighted by Crippen LogP contribution is 2.41. The minimum Gasteiger partial charge on any atom is -0.450 e. The van der Waals surface area contributed by atoms with Gasteiger partial charge in [-0.25, -0.2) is 0 Å². The monoisotopic (exact) mass is 410 g/mol. The molecule has 4 aromatic rings. The van der Waals surface area contributed by atoms with Crippen LogP contribution in [-0.2, 0) is 0 Å². The molecule has 0 radical (unpaired) electrons. The number of benzene rings is 1. The number of hydrogen-bond donors (Lipinski definition) is 0. The normalized spacial score (nSPS) is 16.0. The van der Waals surface area contributed by atoms with Crippen molar-refractivity contribution in [1.29, 1.82) is 0 Å². The molecule has 0 bridgehead atoms. The zero-order chi connectivity index (χ0) is 19.4. The van der Waals surface area contributed by atoms with Gasteiger partial charge in [-0.2, -0.15) is 0 Å². The minimum absolute atomic E-state index is 0.00142. The first-order valence-corrected chi connectivity index (χ1v) is 9.54. The second kappa shape index (κ2) is 6.22. The van der Waals surface area contributed by atoms with Crippen molar-refractivity contribution in [2.45, 2.75) is 13.0 Å². The Morgan fingerprint density at radius 2 is 2.07 bits per heavy atom. The Morgan fingerprint density at radius 1 is 1.21 bits per heavy atom. The van der Waals surface area contributed by atoms with Crippen molar-refractivity contribution < 1.29 is 9.21 Å². The minimum atomic E-state index is -0.705. The lowest BCUT2D eigenvalue weighted by atomic mass is 10.0. The second-order valence-electron chi connectivity index (χ2n) is 6.28. The molecule has 0 spiro atoms. The molecule has 0 fully saturated rings. The summed E-state index contributed by atoms with van der Waals surface area (Å²) in [6, 6.07) is 7.60. The zero-order valence-corrected chi connectivity index (χ0v) is 16.0. The molecule has 5 rings (SSSR count). The molecule has 138 valence electrons. The molecule has 3 aromatic heterocycles. The third-order valence-electron chi connectivity index (χ3n) is 4.55. The number of aromatic nitrogens is 3. The van der Waals surface area contributed by atoms with Crippen molar-refractivity contribution in [3.8, 4) is 0 Å². The van der Waals surface area contributed by atoms with Crippen LogP contribution in [0, 0.1) is 6.92 Å². The van der Waals surface area contributed by atoms with Gasteiger partial charge in [0.2, 0.25) is 10.9 Å². The predicted octanol–water partition coefficient (Wildman–Crippen LogP) is 3.75. The maximum atomic E-state index is 13.3. The van der Waals surface area contributed by atoms with Gasteiger partial charge >= 0.3 is 0 Å². The average Bonchev–Trinajstić information content (AvgIpc) is 3.24. The molecule has 28 heavy (non-hydrogen) atoms. The van der Waals surface area contributed by atoms with E-state index in [4.69, 9.17) is 16.0 Å². The SMILES string of the molecule is Cc1nnc(N2C(=O)c3oc4ccc(Cl)cc4c(=O)c3[C@@H]2c2cccnc2)s1. The second-order valence-corrected chi connectivity index (χ2v) is 7.88. The number of aryl methyl sites for hydroxylation is 1. The van der Waals surface area contributed by atoms with E-state index in [1.807, 2.05) is 6.07 Å². The van der Waals surface area contributed by atoms with Crippen LogP contribution in [0.2, 0.25) is 5.02 Å². The number of carbonyl (C=O) groups is 1. The largest absolute Gasteiger partial charge is 0.450 e. The van der Waals surface area contributed by atoms with E-state index in [1.165, 1.54) is 16.2 Å². The van der Waals surface area contributed by atoms with E-state index in [0.29, 0.717) is 31.7 Å². The van der Waals surface area contributed by atoms with Gasteiger partial charge in [0.25, 0.3) is 5.91 Å². The number of hydrogen-bond acceptors (Lipinski definition) is 7. The Labute approximate surface area is 167 Å². The molecule has 0 saturated heterocycles. The number of halogens is 1. The predicted molar refractivity (Wildman–Crippen MR) is 105 cm³/mol. The maximum absolute atomic E-state index is 13.3. The fourth-order valence-electron chi connectivity index (χ4n) is 3.38. The summed E-state index contributed by atoms with van der Waals surface area (Å²) in [5, 5.41) is 9.96. The van der Waals surface area contributed by atoms with Crippen molar-refractivity contribution in [3.05, 3.63) is 79.9 Å². The van der Waals surface area contributed by atoms with Crippen LogP contribution >= 0.6 is 22.9 Å². The Kier molecular flexibility index (Phi) is 3.78. The molecule has 4 heterocycles. The first-order valence-electron chi connectivity index (χ1n) is 8.34. The van der Waals surface area contributed by atoms with Crippen molar-refractivity contribution in [2.24, 2.45) is 0 Å². The molecule has 7 nitrogen and oxygen atoms in total. The molecule has 1 amide bonds. The summed E-state index contributed by atoms with van der Waals surface area (Å²) in [5.74, 6) is -0.435. The Balaban J connectivity index is 1.84. The van der Waals surface area contributed by atoms with Crippen LogP contribution < -0.4 is 10.3 Å². The van der Waals surface area contributed by atoms with Gasteiger partial charge in [-0.05, 0) is 36.8 Å². The fourth-order valence-corrected chi connectivity index (χ4v) is 4.27. The van der Waals surface area contributed by atoms with Crippen LogP contribution in [0.25, 0.3) is 11.0 Å². The van der Waals surface area contributed by atoms with E-state index < -0.39 is 11.9 Å². The lowest BCUT2D eigenvalue weighted by Gasteiger charge is -2.21. The molecular weight excluding hydrogens is 400 g/mol. The van der Waals surface area contributed by atoms with E-state index in [-0.39, 0.29) is 16.8 Å². The van der Waals surface area contributed by atoms with Gasteiger partial charge in [0.1, 0.15) is 10.6 Å². The standard InChI is InChI=1S/C19H11ClN4O3S/c1-9-22-23-19(28-9)24-15(10-3-2-6-21-8-10)14-16(25)12-7-11(20)4-5-13(12)27-17(14)18(24)26/h2-8,15H,1H3/t15-/m0/s1. The van der Waals surface area contributed by atoms with Gasteiger partial charge in [0.05, 0.1) is 17.0 Å². The Morgan fingerprint density at radius 3 is 2.79 bits per heavy atom. The summed E-state index contributed by atoms with van der Waals surface area (Å²) in [5.41, 5.74) is 0.933. The molecule has 1 aliphatic heterocycles. The molecule has 0 saturated carbocycles. The van der Waals surface area contributed by atoms with Gasteiger partial charge in [-0.1, -0.05) is 29.0 Å². The van der Waals surface area contributed by atoms with Crippen molar-refractivity contribution >= 4 is 44.9 Å². The summed E-state index contributed by atoms with van der Waals surface area (Å²) in [6.45, 7) is 1.80. The number of nitrogens with zero attached hydrogens (tertiary/aromatic N) is 4. The van der Waals surface area contributed by atoms with Gasteiger partial charge in [-0.3, -0.25) is 19.5 Å². The molecule has 1 aliphatic rings. The lowest BCUT2D eigenvalue weighted by molar-refractivity contribution is 0.0970. The number of pyridine rings is 1.